The minimum absolute atomic E-state index is 0.00757. The third-order valence-corrected chi connectivity index (χ3v) is 3.73. The molecule has 0 saturated heterocycles. The number of hydrogen-bond acceptors (Lipinski definition) is 7. The molecule has 0 spiro atoms. The summed E-state index contributed by atoms with van der Waals surface area (Å²) in [6, 6.07) is 0. The molecule has 0 amide bonds. The van der Waals surface area contributed by atoms with Gasteiger partial charge in [-0.25, -0.2) is 0 Å². The van der Waals surface area contributed by atoms with Crippen molar-refractivity contribution in [1.82, 2.24) is 0 Å². The molecule has 0 rings (SSSR count). The smallest absolute Gasteiger partial charge is 0.0785 e. The van der Waals surface area contributed by atoms with E-state index >= 15 is 0 Å². The van der Waals surface area contributed by atoms with Gasteiger partial charge in [-0.3, -0.25) is 0 Å². The van der Waals surface area contributed by atoms with Crippen LogP contribution in [0.3, 0.4) is 0 Å². The van der Waals surface area contributed by atoms with Gasteiger partial charge in [0.15, 0.2) is 0 Å². The summed E-state index contributed by atoms with van der Waals surface area (Å²) in [6.45, 7) is 15.2. The van der Waals surface area contributed by atoms with Crippen LogP contribution in [0.25, 0.3) is 0 Å². The van der Waals surface area contributed by atoms with Gasteiger partial charge in [-0.05, 0) is 41.5 Å². The van der Waals surface area contributed by atoms with Crippen molar-refractivity contribution in [3.63, 3.8) is 0 Å². The van der Waals surface area contributed by atoms with Crippen molar-refractivity contribution >= 4 is 0 Å². The fraction of sp³-hybridized carbons (Fsp3) is 1.00. The molecule has 0 N–H and O–H groups in total. The van der Waals surface area contributed by atoms with E-state index in [1.54, 1.807) is 14.2 Å². The van der Waals surface area contributed by atoms with Gasteiger partial charge in [0, 0.05) is 14.2 Å². The first-order valence-electron chi connectivity index (χ1n) is 9.88. The minimum Gasteiger partial charge on any atom is -0.382 e. The van der Waals surface area contributed by atoms with Crippen molar-refractivity contribution in [2.24, 2.45) is 0 Å². The molecule has 0 aliphatic rings. The highest BCUT2D eigenvalue weighted by atomic mass is 16.6. The zero-order valence-corrected chi connectivity index (χ0v) is 18.6. The number of rotatable bonds is 18. The van der Waals surface area contributed by atoms with E-state index in [2.05, 4.69) is 0 Å². The molecule has 6 unspecified atom stereocenters. The standard InChI is InChI=1S/C20H42O7/c1-15(9-21-7)23-11-17(3)25-13-19(5)27-20(6)14-26-18(4)12-24-16(2)10-22-8/h15-20H,9-14H2,1-8H3. The lowest BCUT2D eigenvalue weighted by Crippen LogP contribution is -2.31. The lowest BCUT2D eigenvalue weighted by Gasteiger charge is -2.23. The van der Waals surface area contributed by atoms with Crippen LogP contribution in [0.15, 0.2) is 0 Å². The molecule has 27 heavy (non-hydrogen) atoms. The maximum atomic E-state index is 5.91. The van der Waals surface area contributed by atoms with Crippen LogP contribution in [0, 0.1) is 0 Å². The normalized spacial score (nSPS) is 18.7. The molecule has 0 aromatic heterocycles. The maximum absolute atomic E-state index is 5.91. The van der Waals surface area contributed by atoms with E-state index in [0.717, 1.165) is 0 Å². The summed E-state index contributed by atoms with van der Waals surface area (Å²) < 4.78 is 38.9. The summed E-state index contributed by atoms with van der Waals surface area (Å²) in [5.41, 5.74) is 0. The van der Waals surface area contributed by atoms with Gasteiger partial charge >= 0.3 is 0 Å². The highest BCUT2D eigenvalue weighted by Gasteiger charge is 2.14. The van der Waals surface area contributed by atoms with Crippen LogP contribution in [-0.4, -0.2) is 90.5 Å². The highest BCUT2D eigenvalue weighted by Crippen LogP contribution is 2.05. The van der Waals surface area contributed by atoms with E-state index in [9.17, 15) is 0 Å². The lowest BCUT2D eigenvalue weighted by atomic mass is 10.3. The molecule has 0 aliphatic heterocycles. The zero-order chi connectivity index (χ0) is 20.7. The molecular weight excluding hydrogens is 352 g/mol. The topological polar surface area (TPSA) is 64.6 Å². The van der Waals surface area contributed by atoms with Crippen molar-refractivity contribution in [3.05, 3.63) is 0 Å². The van der Waals surface area contributed by atoms with Crippen LogP contribution in [0.5, 0.6) is 0 Å². The van der Waals surface area contributed by atoms with Gasteiger partial charge in [-0.2, -0.15) is 0 Å². The summed E-state index contributed by atoms with van der Waals surface area (Å²) in [6.07, 6.45) is 0.110. The molecule has 0 aliphatic carbocycles. The van der Waals surface area contributed by atoms with Crippen LogP contribution in [0.2, 0.25) is 0 Å². The maximum Gasteiger partial charge on any atom is 0.0785 e. The van der Waals surface area contributed by atoms with Crippen molar-refractivity contribution < 1.29 is 33.2 Å². The lowest BCUT2D eigenvalue weighted by molar-refractivity contribution is -0.113. The van der Waals surface area contributed by atoms with Crippen LogP contribution >= 0.6 is 0 Å². The zero-order valence-electron chi connectivity index (χ0n) is 18.6. The molecule has 7 nitrogen and oxygen atoms in total. The summed E-state index contributed by atoms with van der Waals surface area (Å²) in [7, 11) is 3.33. The molecule has 0 bridgehead atoms. The van der Waals surface area contributed by atoms with Crippen LogP contribution in [-0.2, 0) is 33.2 Å². The predicted octanol–water partition coefficient (Wildman–Crippen LogP) is 2.69. The average Bonchev–Trinajstić information content (AvgIpc) is 2.61. The number of methoxy groups -OCH3 is 2. The van der Waals surface area contributed by atoms with E-state index in [4.69, 9.17) is 33.2 Å². The summed E-state index contributed by atoms with van der Waals surface area (Å²) in [5.74, 6) is 0. The molecule has 0 aromatic rings. The van der Waals surface area contributed by atoms with Gasteiger partial charge in [0.25, 0.3) is 0 Å². The summed E-state index contributed by atoms with van der Waals surface area (Å²) >= 11 is 0. The van der Waals surface area contributed by atoms with Gasteiger partial charge in [-0.15, -0.1) is 0 Å². The van der Waals surface area contributed by atoms with Crippen LogP contribution < -0.4 is 0 Å². The Morgan fingerprint density at radius 2 is 0.667 bits per heavy atom. The van der Waals surface area contributed by atoms with Gasteiger partial charge < -0.3 is 33.2 Å². The van der Waals surface area contributed by atoms with Crippen LogP contribution in [0.4, 0.5) is 0 Å². The molecule has 164 valence electrons. The third kappa shape index (κ3) is 16.4. The second-order valence-electron chi connectivity index (χ2n) is 7.24. The van der Waals surface area contributed by atoms with E-state index in [0.29, 0.717) is 39.6 Å². The third-order valence-electron chi connectivity index (χ3n) is 3.73. The van der Waals surface area contributed by atoms with Crippen LogP contribution in [0.1, 0.15) is 41.5 Å². The molecule has 0 aromatic carbocycles. The van der Waals surface area contributed by atoms with Crippen molar-refractivity contribution in [2.45, 2.75) is 78.2 Å². The van der Waals surface area contributed by atoms with E-state index in [-0.39, 0.29) is 36.6 Å². The Balaban J connectivity index is 3.80. The minimum atomic E-state index is -0.0178. The van der Waals surface area contributed by atoms with Gasteiger partial charge in [0.05, 0.1) is 76.3 Å². The van der Waals surface area contributed by atoms with Crippen molar-refractivity contribution in [1.29, 1.82) is 0 Å². The Hall–Kier alpha value is -0.280. The fourth-order valence-electron chi connectivity index (χ4n) is 2.34. The second-order valence-corrected chi connectivity index (χ2v) is 7.24. The Labute approximate surface area is 165 Å². The highest BCUT2D eigenvalue weighted by molar-refractivity contribution is 4.59. The van der Waals surface area contributed by atoms with E-state index < -0.39 is 0 Å². The molecule has 0 radical (unpaired) electrons. The van der Waals surface area contributed by atoms with E-state index in [1.165, 1.54) is 0 Å². The van der Waals surface area contributed by atoms with Gasteiger partial charge in [0.2, 0.25) is 0 Å². The molecule has 0 saturated carbocycles. The first-order chi connectivity index (χ1) is 12.8. The molecule has 0 heterocycles. The molecule has 6 atom stereocenters. The molecule has 0 fully saturated rings. The Morgan fingerprint density at radius 3 is 0.963 bits per heavy atom. The van der Waals surface area contributed by atoms with Gasteiger partial charge in [0.1, 0.15) is 0 Å². The Morgan fingerprint density at radius 1 is 0.407 bits per heavy atom. The summed E-state index contributed by atoms with van der Waals surface area (Å²) in [4.78, 5) is 0. The quantitative estimate of drug-likeness (QED) is 0.354. The molecular formula is C20H42O7. The predicted molar refractivity (Wildman–Crippen MR) is 105 cm³/mol. The Bertz CT molecular complexity index is 299. The largest absolute Gasteiger partial charge is 0.382 e. The van der Waals surface area contributed by atoms with Gasteiger partial charge in [-0.1, -0.05) is 0 Å². The Kier molecular flexibility index (Phi) is 16.5. The van der Waals surface area contributed by atoms with Crippen molar-refractivity contribution in [2.75, 3.05) is 53.9 Å². The first-order valence-corrected chi connectivity index (χ1v) is 9.88. The monoisotopic (exact) mass is 394 g/mol. The average molecular weight is 395 g/mol. The number of ether oxygens (including phenoxy) is 7. The van der Waals surface area contributed by atoms with E-state index in [1.807, 2.05) is 41.5 Å². The fourth-order valence-corrected chi connectivity index (χ4v) is 2.34. The first kappa shape index (κ1) is 26.7. The molecule has 7 heteroatoms. The summed E-state index contributed by atoms with van der Waals surface area (Å²) in [5, 5.41) is 0. The number of hydrogen-bond donors (Lipinski definition) is 0. The van der Waals surface area contributed by atoms with Crippen molar-refractivity contribution in [3.8, 4) is 0 Å². The SMILES string of the molecule is COCC(C)OCC(C)OCC(C)OC(C)COC(C)COC(C)COC. The second kappa shape index (κ2) is 16.7.